The standard InChI is InChI=1S/C21H25NO4/c1-4-15-10-8-11-16(5-2)21(15)22-19(23)14-26-20(24)13-17-9-6-7-12-18(17)25-3/h6-12H,4-5,13-14H2,1-3H3,(H,22,23). The van der Waals surface area contributed by atoms with Crippen molar-refractivity contribution >= 4 is 17.6 Å². The van der Waals surface area contributed by atoms with E-state index in [1.807, 2.05) is 44.2 Å². The molecule has 0 radical (unpaired) electrons. The maximum absolute atomic E-state index is 12.2. The first kappa shape index (κ1) is 19.5. The number of methoxy groups -OCH3 is 1. The first-order chi connectivity index (χ1) is 12.6. The lowest BCUT2D eigenvalue weighted by atomic mass is 10.0. The van der Waals surface area contributed by atoms with E-state index in [9.17, 15) is 9.59 Å². The average molecular weight is 355 g/mol. The Morgan fingerprint density at radius 1 is 0.923 bits per heavy atom. The Kier molecular flexibility index (Phi) is 7.21. The molecule has 0 aliphatic carbocycles. The van der Waals surface area contributed by atoms with Crippen LogP contribution in [-0.2, 0) is 33.6 Å². The maximum atomic E-state index is 12.2. The Morgan fingerprint density at radius 3 is 2.15 bits per heavy atom. The quantitative estimate of drug-likeness (QED) is 0.736. The molecule has 2 aromatic carbocycles. The Morgan fingerprint density at radius 2 is 1.54 bits per heavy atom. The van der Waals surface area contributed by atoms with Crippen LogP contribution < -0.4 is 10.1 Å². The molecule has 0 unspecified atom stereocenters. The molecule has 0 spiro atoms. The number of anilines is 1. The van der Waals surface area contributed by atoms with E-state index in [2.05, 4.69) is 5.32 Å². The fourth-order valence-electron chi connectivity index (χ4n) is 2.78. The summed E-state index contributed by atoms with van der Waals surface area (Å²) in [6.07, 6.45) is 1.69. The van der Waals surface area contributed by atoms with Gasteiger partial charge >= 0.3 is 5.97 Å². The summed E-state index contributed by atoms with van der Waals surface area (Å²) in [5.74, 6) is -0.184. The zero-order chi connectivity index (χ0) is 18.9. The van der Waals surface area contributed by atoms with Crippen molar-refractivity contribution in [3.8, 4) is 5.75 Å². The number of para-hydroxylation sites is 2. The van der Waals surface area contributed by atoms with Gasteiger partial charge < -0.3 is 14.8 Å². The topological polar surface area (TPSA) is 64.6 Å². The first-order valence-electron chi connectivity index (χ1n) is 8.77. The van der Waals surface area contributed by atoms with Gasteiger partial charge in [-0.1, -0.05) is 50.2 Å². The van der Waals surface area contributed by atoms with Gasteiger partial charge in [-0.05, 0) is 30.0 Å². The highest BCUT2D eigenvalue weighted by molar-refractivity contribution is 5.94. The van der Waals surface area contributed by atoms with Crippen molar-refractivity contribution in [3.05, 3.63) is 59.2 Å². The molecular formula is C21H25NO4. The number of benzene rings is 2. The molecule has 2 rings (SSSR count). The second kappa shape index (κ2) is 9.61. The molecule has 0 saturated heterocycles. The molecule has 2 aromatic rings. The lowest BCUT2D eigenvalue weighted by molar-refractivity contribution is -0.146. The van der Waals surface area contributed by atoms with E-state index >= 15 is 0 Å². The summed E-state index contributed by atoms with van der Waals surface area (Å²) < 4.78 is 10.3. The number of ether oxygens (including phenoxy) is 2. The lowest BCUT2D eigenvalue weighted by Gasteiger charge is -2.14. The van der Waals surface area contributed by atoms with E-state index < -0.39 is 5.97 Å². The lowest BCUT2D eigenvalue weighted by Crippen LogP contribution is -2.23. The van der Waals surface area contributed by atoms with Crippen molar-refractivity contribution in [2.75, 3.05) is 19.0 Å². The Hall–Kier alpha value is -2.82. The van der Waals surface area contributed by atoms with E-state index in [4.69, 9.17) is 9.47 Å². The molecule has 0 fully saturated rings. The van der Waals surface area contributed by atoms with Crippen LogP contribution in [0.15, 0.2) is 42.5 Å². The fraction of sp³-hybridized carbons (Fsp3) is 0.333. The maximum Gasteiger partial charge on any atom is 0.310 e. The number of amides is 1. The van der Waals surface area contributed by atoms with Gasteiger partial charge in [0, 0.05) is 11.3 Å². The van der Waals surface area contributed by atoms with Crippen molar-refractivity contribution in [2.24, 2.45) is 0 Å². The minimum atomic E-state index is -0.468. The predicted octanol–water partition coefficient (Wildman–Crippen LogP) is 3.54. The van der Waals surface area contributed by atoms with Crippen LogP contribution in [0.2, 0.25) is 0 Å². The zero-order valence-electron chi connectivity index (χ0n) is 15.5. The van der Waals surface area contributed by atoms with Crippen LogP contribution in [0, 0.1) is 0 Å². The smallest absolute Gasteiger partial charge is 0.310 e. The third-order valence-electron chi connectivity index (χ3n) is 4.15. The van der Waals surface area contributed by atoms with E-state index in [0.717, 1.165) is 35.2 Å². The molecule has 1 N–H and O–H groups in total. The van der Waals surface area contributed by atoms with Crippen LogP contribution in [0.1, 0.15) is 30.5 Å². The molecule has 0 aliphatic heterocycles. The normalized spacial score (nSPS) is 10.3. The van der Waals surface area contributed by atoms with E-state index in [0.29, 0.717) is 5.75 Å². The van der Waals surface area contributed by atoms with Crippen LogP contribution in [0.5, 0.6) is 5.75 Å². The average Bonchev–Trinajstić information content (AvgIpc) is 2.67. The van der Waals surface area contributed by atoms with Gasteiger partial charge in [-0.3, -0.25) is 9.59 Å². The summed E-state index contributed by atoms with van der Waals surface area (Å²) >= 11 is 0. The molecule has 5 nitrogen and oxygen atoms in total. The minimum absolute atomic E-state index is 0.0586. The van der Waals surface area contributed by atoms with Crippen molar-refractivity contribution in [1.82, 2.24) is 0 Å². The third-order valence-corrected chi connectivity index (χ3v) is 4.15. The van der Waals surface area contributed by atoms with Crippen LogP contribution in [0.3, 0.4) is 0 Å². The van der Waals surface area contributed by atoms with Crippen molar-refractivity contribution in [3.63, 3.8) is 0 Å². The molecule has 0 heterocycles. The molecule has 26 heavy (non-hydrogen) atoms. The summed E-state index contributed by atoms with van der Waals surface area (Å²) in [6.45, 7) is 3.77. The molecule has 0 aromatic heterocycles. The summed E-state index contributed by atoms with van der Waals surface area (Å²) in [5.41, 5.74) is 3.68. The highest BCUT2D eigenvalue weighted by Crippen LogP contribution is 2.22. The molecule has 0 saturated carbocycles. The molecule has 5 heteroatoms. The van der Waals surface area contributed by atoms with Crippen LogP contribution in [-0.4, -0.2) is 25.6 Å². The second-order valence-electron chi connectivity index (χ2n) is 5.86. The number of carbonyl (C=O) groups excluding carboxylic acids is 2. The summed E-state index contributed by atoms with van der Waals surface area (Å²) in [5, 5.41) is 2.88. The number of rotatable bonds is 8. The summed E-state index contributed by atoms with van der Waals surface area (Å²) in [6, 6.07) is 13.2. The molecule has 138 valence electrons. The highest BCUT2D eigenvalue weighted by Gasteiger charge is 2.14. The molecule has 1 amide bonds. The van der Waals surface area contributed by atoms with Crippen LogP contribution in [0.4, 0.5) is 5.69 Å². The Bertz CT molecular complexity index is 748. The number of hydrogen-bond donors (Lipinski definition) is 1. The highest BCUT2D eigenvalue weighted by atomic mass is 16.5. The van der Waals surface area contributed by atoms with Gasteiger partial charge in [-0.15, -0.1) is 0 Å². The van der Waals surface area contributed by atoms with Crippen molar-refractivity contribution < 1.29 is 19.1 Å². The van der Waals surface area contributed by atoms with Crippen LogP contribution in [0.25, 0.3) is 0 Å². The molecule has 0 aliphatic rings. The minimum Gasteiger partial charge on any atom is -0.496 e. The monoisotopic (exact) mass is 355 g/mol. The zero-order valence-corrected chi connectivity index (χ0v) is 15.5. The second-order valence-corrected chi connectivity index (χ2v) is 5.86. The molecular weight excluding hydrogens is 330 g/mol. The van der Waals surface area contributed by atoms with E-state index in [1.165, 1.54) is 0 Å². The van der Waals surface area contributed by atoms with Crippen molar-refractivity contribution in [1.29, 1.82) is 0 Å². The summed E-state index contributed by atoms with van der Waals surface area (Å²) in [7, 11) is 1.55. The number of hydrogen-bond acceptors (Lipinski definition) is 4. The summed E-state index contributed by atoms with van der Waals surface area (Å²) in [4.78, 5) is 24.2. The van der Waals surface area contributed by atoms with Crippen molar-refractivity contribution in [2.45, 2.75) is 33.1 Å². The van der Waals surface area contributed by atoms with Gasteiger partial charge in [-0.2, -0.15) is 0 Å². The third kappa shape index (κ3) is 5.09. The van der Waals surface area contributed by atoms with Gasteiger partial charge in [0.05, 0.1) is 13.5 Å². The largest absolute Gasteiger partial charge is 0.496 e. The van der Waals surface area contributed by atoms with Crippen LogP contribution >= 0.6 is 0 Å². The number of nitrogens with one attached hydrogen (secondary N) is 1. The first-order valence-corrected chi connectivity index (χ1v) is 8.77. The predicted molar refractivity (Wildman–Crippen MR) is 101 cm³/mol. The number of carbonyl (C=O) groups is 2. The molecule has 0 atom stereocenters. The van der Waals surface area contributed by atoms with E-state index in [1.54, 1.807) is 19.2 Å². The van der Waals surface area contributed by atoms with Gasteiger partial charge in [0.25, 0.3) is 5.91 Å². The van der Waals surface area contributed by atoms with Gasteiger partial charge in [-0.25, -0.2) is 0 Å². The fourth-order valence-corrected chi connectivity index (χ4v) is 2.78. The Balaban J connectivity index is 1.94. The van der Waals surface area contributed by atoms with Gasteiger partial charge in [0.2, 0.25) is 0 Å². The molecule has 0 bridgehead atoms. The van der Waals surface area contributed by atoms with Gasteiger partial charge in [0.15, 0.2) is 6.61 Å². The van der Waals surface area contributed by atoms with E-state index in [-0.39, 0.29) is 18.9 Å². The SMILES string of the molecule is CCc1cccc(CC)c1NC(=O)COC(=O)Cc1ccccc1OC. The number of esters is 1. The Labute approximate surface area is 154 Å². The number of aryl methyl sites for hydroxylation is 2. The van der Waals surface area contributed by atoms with Gasteiger partial charge in [0.1, 0.15) is 5.75 Å².